The monoisotopic (exact) mass is 447 g/mol. The lowest BCUT2D eigenvalue weighted by Gasteiger charge is -2.27. The van der Waals surface area contributed by atoms with E-state index in [0.717, 1.165) is 44.2 Å². The second kappa shape index (κ2) is 9.16. The maximum absolute atomic E-state index is 12.9. The van der Waals surface area contributed by atoms with E-state index < -0.39 is 14.9 Å². The van der Waals surface area contributed by atoms with E-state index in [2.05, 4.69) is 15.2 Å². The van der Waals surface area contributed by atoms with Crippen LogP contribution in [0.4, 0.5) is 22.9 Å². The van der Waals surface area contributed by atoms with Gasteiger partial charge in [-0.1, -0.05) is 6.42 Å². The average Bonchev–Trinajstić information content (AvgIpc) is 2.81. The summed E-state index contributed by atoms with van der Waals surface area (Å²) in [6, 6.07) is 7.61. The van der Waals surface area contributed by atoms with Crippen molar-refractivity contribution in [1.29, 1.82) is 0 Å². The second-order valence-corrected chi connectivity index (χ2v) is 9.47. The normalized spacial score (nSPS) is 18.0. The van der Waals surface area contributed by atoms with Crippen LogP contribution in [0.1, 0.15) is 19.3 Å². The topological polar surface area (TPSA) is 118 Å². The lowest BCUT2D eigenvalue weighted by molar-refractivity contribution is -0.384. The minimum absolute atomic E-state index is 0.0626. The SMILES string of the molecule is O=[N+]([O-])c1cc(S(=O)(=O)N2CCCCC2)ccc1Nc1ccc(N2CCOCC2)nc1. The zero-order valence-corrected chi connectivity index (χ0v) is 17.9. The van der Waals surface area contributed by atoms with Gasteiger partial charge in [0.1, 0.15) is 11.5 Å². The van der Waals surface area contributed by atoms with Gasteiger partial charge in [-0.2, -0.15) is 4.31 Å². The summed E-state index contributed by atoms with van der Waals surface area (Å²) < 4.78 is 32.5. The van der Waals surface area contributed by atoms with Crippen LogP contribution in [0.2, 0.25) is 0 Å². The van der Waals surface area contributed by atoms with Crippen LogP contribution in [-0.2, 0) is 14.8 Å². The molecule has 11 heteroatoms. The number of morpholine rings is 1. The van der Waals surface area contributed by atoms with Crippen molar-refractivity contribution in [2.75, 3.05) is 49.6 Å². The fraction of sp³-hybridized carbons (Fsp3) is 0.450. The molecule has 2 aliphatic rings. The standard InChI is InChI=1S/C20H25N5O5S/c26-25(27)19-14-17(31(28,29)24-8-2-1-3-9-24)5-6-18(19)22-16-4-7-20(21-15-16)23-10-12-30-13-11-23/h4-7,14-15,22H,1-3,8-13H2. The van der Waals surface area contributed by atoms with Crippen LogP contribution in [0.15, 0.2) is 41.4 Å². The average molecular weight is 448 g/mol. The van der Waals surface area contributed by atoms with Gasteiger partial charge in [-0.25, -0.2) is 13.4 Å². The molecule has 0 unspecified atom stereocenters. The fourth-order valence-corrected chi connectivity index (χ4v) is 5.32. The van der Waals surface area contributed by atoms with Gasteiger partial charge in [0.2, 0.25) is 10.0 Å². The number of hydrogen-bond donors (Lipinski definition) is 1. The maximum Gasteiger partial charge on any atom is 0.294 e. The largest absolute Gasteiger partial charge is 0.378 e. The molecule has 1 N–H and O–H groups in total. The number of rotatable bonds is 6. The molecular formula is C20H25N5O5S. The number of aromatic nitrogens is 1. The Morgan fingerprint density at radius 2 is 1.77 bits per heavy atom. The van der Waals surface area contributed by atoms with Gasteiger partial charge < -0.3 is 15.0 Å². The number of sulfonamides is 1. The van der Waals surface area contributed by atoms with Gasteiger partial charge in [-0.15, -0.1) is 0 Å². The summed E-state index contributed by atoms with van der Waals surface area (Å²) in [4.78, 5) is 17.5. The van der Waals surface area contributed by atoms with Crippen molar-refractivity contribution in [3.05, 3.63) is 46.6 Å². The van der Waals surface area contributed by atoms with Crippen molar-refractivity contribution in [1.82, 2.24) is 9.29 Å². The number of nitrogens with one attached hydrogen (secondary N) is 1. The highest BCUT2D eigenvalue weighted by molar-refractivity contribution is 7.89. The highest BCUT2D eigenvalue weighted by Crippen LogP contribution is 2.32. The molecule has 0 spiro atoms. The van der Waals surface area contributed by atoms with Gasteiger partial charge in [0.25, 0.3) is 5.69 Å². The molecule has 0 aliphatic carbocycles. The Labute approximate surface area is 181 Å². The Morgan fingerprint density at radius 3 is 2.42 bits per heavy atom. The highest BCUT2D eigenvalue weighted by atomic mass is 32.2. The number of hydrogen-bond acceptors (Lipinski definition) is 8. The maximum atomic E-state index is 12.9. The Bertz CT molecular complexity index is 1030. The van der Waals surface area contributed by atoms with E-state index in [4.69, 9.17) is 4.74 Å². The van der Waals surface area contributed by atoms with Crippen LogP contribution in [-0.4, -0.2) is 62.0 Å². The number of pyridine rings is 1. The second-order valence-electron chi connectivity index (χ2n) is 7.53. The van der Waals surface area contributed by atoms with E-state index in [9.17, 15) is 18.5 Å². The van der Waals surface area contributed by atoms with Crippen LogP contribution in [0, 0.1) is 10.1 Å². The number of benzene rings is 1. The molecule has 1 aromatic carbocycles. The molecule has 0 saturated carbocycles. The van der Waals surface area contributed by atoms with E-state index in [0.29, 0.717) is 32.0 Å². The molecule has 0 atom stereocenters. The van der Waals surface area contributed by atoms with Crippen LogP contribution in [0.5, 0.6) is 0 Å². The Kier molecular flexibility index (Phi) is 6.35. The summed E-state index contributed by atoms with van der Waals surface area (Å²) in [5, 5.41) is 14.6. The zero-order chi connectivity index (χ0) is 21.8. The number of ether oxygens (including phenoxy) is 1. The molecule has 166 valence electrons. The molecular weight excluding hydrogens is 422 g/mol. The summed E-state index contributed by atoms with van der Waals surface area (Å²) in [5.74, 6) is 0.811. The van der Waals surface area contributed by atoms with E-state index in [-0.39, 0.29) is 16.3 Å². The van der Waals surface area contributed by atoms with E-state index in [1.54, 1.807) is 12.3 Å². The third-order valence-electron chi connectivity index (χ3n) is 5.48. The molecule has 2 saturated heterocycles. The number of nitro benzene ring substituents is 1. The van der Waals surface area contributed by atoms with Crippen LogP contribution >= 0.6 is 0 Å². The lowest BCUT2D eigenvalue weighted by Crippen LogP contribution is -2.36. The van der Waals surface area contributed by atoms with Crippen molar-refractivity contribution in [3.63, 3.8) is 0 Å². The first kappa shape index (κ1) is 21.5. The van der Waals surface area contributed by atoms with Gasteiger partial charge in [0, 0.05) is 32.2 Å². The third-order valence-corrected chi connectivity index (χ3v) is 7.38. The molecule has 0 amide bonds. The highest BCUT2D eigenvalue weighted by Gasteiger charge is 2.28. The molecule has 31 heavy (non-hydrogen) atoms. The lowest BCUT2D eigenvalue weighted by atomic mass is 10.2. The summed E-state index contributed by atoms with van der Waals surface area (Å²) in [7, 11) is -3.75. The summed E-state index contributed by atoms with van der Waals surface area (Å²) >= 11 is 0. The number of anilines is 3. The van der Waals surface area contributed by atoms with E-state index >= 15 is 0 Å². The Morgan fingerprint density at radius 1 is 1.03 bits per heavy atom. The van der Waals surface area contributed by atoms with Crippen molar-refractivity contribution < 1.29 is 18.1 Å². The summed E-state index contributed by atoms with van der Waals surface area (Å²) in [6.07, 6.45) is 4.20. The zero-order valence-electron chi connectivity index (χ0n) is 17.1. The van der Waals surface area contributed by atoms with Crippen molar-refractivity contribution >= 4 is 32.9 Å². The number of piperidine rings is 1. The molecule has 0 radical (unpaired) electrons. The Balaban J connectivity index is 1.55. The van der Waals surface area contributed by atoms with Gasteiger partial charge >= 0.3 is 0 Å². The fourth-order valence-electron chi connectivity index (χ4n) is 3.78. The van der Waals surface area contributed by atoms with Crippen molar-refractivity contribution in [2.24, 2.45) is 0 Å². The predicted molar refractivity (Wildman–Crippen MR) is 116 cm³/mol. The molecule has 2 aliphatic heterocycles. The minimum Gasteiger partial charge on any atom is -0.378 e. The quantitative estimate of drug-likeness (QED) is 0.530. The number of nitro groups is 1. The van der Waals surface area contributed by atoms with Gasteiger partial charge in [0.15, 0.2) is 0 Å². The van der Waals surface area contributed by atoms with Crippen molar-refractivity contribution in [2.45, 2.75) is 24.2 Å². The molecule has 4 rings (SSSR count). The van der Waals surface area contributed by atoms with Crippen LogP contribution in [0.25, 0.3) is 0 Å². The Hall–Kier alpha value is -2.76. The first-order valence-corrected chi connectivity index (χ1v) is 11.7. The van der Waals surface area contributed by atoms with Gasteiger partial charge in [0.05, 0.1) is 34.9 Å². The van der Waals surface area contributed by atoms with Gasteiger partial charge in [-0.05, 0) is 37.1 Å². The minimum atomic E-state index is -3.75. The van der Waals surface area contributed by atoms with Crippen LogP contribution in [0.3, 0.4) is 0 Å². The van der Waals surface area contributed by atoms with Crippen molar-refractivity contribution in [3.8, 4) is 0 Å². The van der Waals surface area contributed by atoms with E-state index in [1.165, 1.54) is 16.4 Å². The van der Waals surface area contributed by atoms with E-state index in [1.807, 2.05) is 6.07 Å². The van der Waals surface area contributed by atoms with Crippen LogP contribution < -0.4 is 10.2 Å². The predicted octanol–water partition coefficient (Wildman–Crippen LogP) is 2.74. The number of nitrogens with zero attached hydrogens (tertiary/aromatic N) is 4. The third kappa shape index (κ3) is 4.78. The smallest absolute Gasteiger partial charge is 0.294 e. The first-order chi connectivity index (χ1) is 14.9. The molecule has 0 bridgehead atoms. The molecule has 3 heterocycles. The first-order valence-electron chi connectivity index (χ1n) is 10.3. The molecule has 10 nitrogen and oxygen atoms in total. The molecule has 2 aromatic rings. The van der Waals surface area contributed by atoms with Gasteiger partial charge in [-0.3, -0.25) is 10.1 Å². The summed E-state index contributed by atoms with van der Waals surface area (Å²) in [6.45, 7) is 3.71. The summed E-state index contributed by atoms with van der Waals surface area (Å²) in [5.41, 5.74) is 0.491. The molecule has 1 aromatic heterocycles. The molecule has 2 fully saturated rings.